The van der Waals surface area contributed by atoms with E-state index in [2.05, 4.69) is 12.2 Å². The zero-order valence-corrected chi connectivity index (χ0v) is 13.8. The molecule has 0 spiro atoms. The Kier molecular flexibility index (Phi) is 3.92. The van der Waals surface area contributed by atoms with E-state index in [1.807, 2.05) is 54.6 Å². The summed E-state index contributed by atoms with van der Waals surface area (Å²) < 4.78 is -1.06. The van der Waals surface area contributed by atoms with Gasteiger partial charge in [0.15, 0.2) is 0 Å². The molecule has 1 amide bonds. The van der Waals surface area contributed by atoms with Crippen molar-refractivity contribution in [2.24, 2.45) is 0 Å². The summed E-state index contributed by atoms with van der Waals surface area (Å²) in [6.07, 6.45) is 1.27. The monoisotopic (exact) mass is 333 g/mol. The molecule has 1 atom stereocenters. The predicted molar refractivity (Wildman–Crippen MR) is 91.6 cm³/mol. The maximum Gasteiger partial charge on any atom is 0.238 e. The fourth-order valence-corrected chi connectivity index (χ4v) is 3.67. The van der Waals surface area contributed by atoms with Gasteiger partial charge in [0.05, 0.1) is 0 Å². The third-order valence-electron chi connectivity index (χ3n) is 4.29. The number of aryl methyl sites for hydroxylation is 1. The summed E-state index contributed by atoms with van der Waals surface area (Å²) in [5.74, 6) is -0.149. The molecule has 1 fully saturated rings. The minimum atomic E-state index is -1.06. The van der Waals surface area contributed by atoms with E-state index in [1.165, 1.54) is 0 Å². The van der Waals surface area contributed by atoms with E-state index < -0.39 is 9.75 Å². The van der Waals surface area contributed by atoms with Crippen LogP contribution in [-0.4, -0.2) is 10.2 Å². The molecule has 0 bridgehead atoms. The summed E-state index contributed by atoms with van der Waals surface area (Å²) in [4.78, 5) is 12.9. The first-order valence-electron chi connectivity index (χ1n) is 7.34. The number of para-hydroxylation sites is 1. The Morgan fingerprint density at radius 2 is 1.68 bits per heavy atom. The maximum atomic E-state index is 12.9. The van der Waals surface area contributed by atoms with Crippen LogP contribution in [0.25, 0.3) is 0 Å². The quantitative estimate of drug-likeness (QED) is 0.807. The molecule has 1 saturated carbocycles. The first kappa shape index (κ1) is 15.4. The van der Waals surface area contributed by atoms with Gasteiger partial charge in [0.2, 0.25) is 5.91 Å². The van der Waals surface area contributed by atoms with Crippen molar-refractivity contribution in [2.75, 3.05) is 5.32 Å². The standard InChI is InChI=1S/C18H17Cl2NO/c1-2-13-8-6-7-11-15(13)21-16(22)17(12-18(17,19)20)14-9-4-3-5-10-14/h3-11H,2,12H2,1H3,(H,21,22)/t17-/m0/s1. The molecule has 0 heterocycles. The lowest BCUT2D eigenvalue weighted by Gasteiger charge is -2.19. The van der Waals surface area contributed by atoms with Gasteiger partial charge in [-0.15, -0.1) is 23.2 Å². The normalized spacial score (nSPS) is 22.1. The van der Waals surface area contributed by atoms with Crippen LogP contribution in [0.5, 0.6) is 0 Å². The lowest BCUT2D eigenvalue weighted by molar-refractivity contribution is -0.118. The van der Waals surface area contributed by atoms with Crippen LogP contribution in [0.15, 0.2) is 54.6 Å². The highest BCUT2D eigenvalue weighted by Crippen LogP contribution is 2.65. The first-order chi connectivity index (χ1) is 10.5. The molecule has 4 heteroatoms. The molecular formula is C18H17Cl2NO. The summed E-state index contributed by atoms with van der Waals surface area (Å²) in [6, 6.07) is 17.3. The zero-order valence-electron chi connectivity index (χ0n) is 12.3. The van der Waals surface area contributed by atoms with Crippen LogP contribution < -0.4 is 5.32 Å². The smallest absolute Gasteiger partial charge is 0.238 e. The largest absolute Gasteiger partial charge is 0.325 e. The van der Waals surface area contributed by atoms with Gasteiger partial charge in [-0.05, 0) is 23.6 Å². The molecule has 114 valence electrons. The van der Waals surface area contributed by atoms with Crippen molar-refractivity contribution >= 4 is 34.8 Å². The van der Waals surface area contributed by atoms with Gasteiger partial charge in [0, 0.05) is 12.1 Å². The maximum absolute atomic E-state index is 12.9. The minimum absolute atomic E-state index is 0.149. The van der Waals surface area contributed by atoms with E-state index >= 15 is 0 Å². The Hall–Kier alpha value is -1.51. The van der Waals surface area contributed by atoms with Crippen LogP contribution >= 0.6 is 23.2 Å². The average Bonchev–Trinajstić information content (AvgIpc) is 3.13. The van der Waals surface area contributed by atoms with E-state index in [0.717, 1.165) is 23.2 Å². The number of benzene rings is 2. The Morgan fingerprint density at radius 1 is 1.09 bits per heavy atom. The van der Waals surface area contributed by atoms with Crippen molar-refractivity contribution in [1.82, 2.24) is 0 Å². The molecule has 0 unspecified atom stereocenters. The molecule has 2 aromatic rings. The lowest BCUT2D eigenvalue weighted by atomic mass is 9.94. The molecule has 1 aliphatic rings. The number of halogens is 2. The molecule has 2 nitrogen and oxygen atoms in total. The van der Waals surface area contributed by atoms with Crippen molar-refractivity contribution in [3.05, 3.63) is 65.7 Å². The van der Waals surface area contributed by atoms with E-state index in [9.17, 15) is 4.79 Å². The van der Waals surface area contributed by atoms with Crippen molar-refractivity contribution in [3.63, 3.8) is 0 Å². The van der Waals surface area contributed by atoms with Crippen LogP contribution in [0.1, 0.15) is 24.5 Å². The lowest BCUT2D eigenvalue weighted by Crippen LogP contribution is -2.32. The number of alkyl halides is 2. The van der Waals surface area contributed by atoms with Crippen molar-refractivity contribution in [1.29, 1.82) is 0 Å². The van der Waals surface area contributed by atoms with Gasteiger partial charge < -0.3 is 5.32 Å². The van der Waals surface area contributed by atoms with Crippen LogP contribution in [0.3, 0.4) is 0 Å². The fraction of sp³-hybridized carbons (Fsp3) is 0.278. The number of amides is 1. The molecular weight excluding hydrogens is 317 g/mol. The molecule has 3 rings (SSSR count). The topological polar surface area (TPSA) is 29.1 Å². The van der Waals surface area contributed by atoms with Gasteiger partial charge in [0.1, 0.15) is 9.75 Å². The Morgan fingerprint density at radius 3 is 2.27 bits per heavy atom. The van der Waals surface area contributed by atoms with Gasteiger partial charge >= 0.3 is 0 Å². The number of hydrogen-bond acceptors (Lipinski definition) is 1. The third-order valence-corrected chi connectivity index (χ3v) is 5.20. The molecule has 0 aliphatic heterocycles. The van der Waals surface area contributed by atoms with Gasteiger partial charge in [-0.25, -0.2) is 0 Å². The van der Waals surface area contributed by atoms with E-state index in [4.69, 9.17) is 23.2 Å². The Bertz CT molecular complexity index is 699. The summed E-state index contributed by atoms with van der Waals surface area (Å²) >= 11 is 12.7. The SMILES string of the molecule is CCc1ccccc1NC(=O)[C@@]1(c2ccccc2)CC1(Cl)Cl. The Balaban J connectivity index is 1.93. The van der Waals surface area contributed by atoms with Crippen LogP contribution in [0.4, 0.5) is 5.69 Å². The number of hydrogen-bond donors (Lipinski definition) is 1. The number of anilines is 1. The number of carbonyl (C=O) groups is 1. The molecule has 22 heavy (non-hydrogen) atoms. The molecule has 0 aromatic heterocycles. The predicted octanol–water partition coefficient (Wildman–Crippen LogP) is 4.70. The van der Waals surface area contributed by atoms with Crippen LogP contribution in [0, 0.1) is 0 Å². The molecule has 0 saturated heterocycles. The van der Waals surface area contributed by atoms with Crippen molar-refractivity contribution < 1.29 is 4.79 Å². The van der Waals surface area contributed by atoms with Crippen molar-refractivity contribution in [3.8, 4) is 0 Å². The Labute approximate surface area is 140 Å². The first-order valence-corrected chi connectivity index (χ1v) is 8.09. The number of nitrogens with one attached hydrogen (secondary N) is 1. The second-order valence-corrected chi connectivity index (χ2v) is 7.10. The highest BCUT2D eigenvalue weighted by atomic mass is 35.5. The second-order valence-electron chi connectivity index (χ2n) is 5.62. The number of carbonyl (C=O) groups excluding carboxylic acids is 1. The van der Waals surface area contributed by atoms with E-state index in [-0.39, 0.29) is 5.91 Å². The summed E-state index contributed by atoms with van der Waals surface area (Å²) in [7, 11) is 0. The summed E-state index contributed by atoms with van der Waals surface area (Å²) in [5.41, 5.74) is 1.89. The van der Waals surface area contributed by atoms with E-state index in [0.29, 0.717) is 6.42 Å². The molecule has 2 aromatic carbocycles. The van der Waals surface area contributed by atoms with Gasteiger partial charge in [-0.1, -0.05) is 55.5 Å². The highest BCUT2D eigenvalue weighted by Gasteiger charge is 2.72. The molecule has 1 N–H and O–H groups in total. The average molecular weight is 334 g/mol. The number of rotatable bonds is 4. The fourth-order valence-electron chi connectivity index (χ4n) is 2.88. The van der Waals surface area contributed by atoms with E-state index in [1.54, 1.807) is 0 Å². The van der Waals surface area contributed by atoms with Gasteiger partial charge in [-0.3, -0.25) is 4.79 Å². The zero-order chi connectivity index (χ0) is 15.8. The van der Waals surface area contributed by atoms with Crippen LogP contribution in [0.2, 0.25) is 0 Å². The third kappa shape index (κ3) is 2.41. The van der Waals surface area contributed by atoms with Crippen LogP contribution in [-0.2, 0) is 16.6 Å². The molecule has 0 radical (unpaired) electrons. The summed E-state index contributed by atoms with van der Waals surface area (Å²) in [6.45, 7) is 2.06. The summed E-state index contributed by atoms with van der Waals surface area (Å²) in [5, 5.41) is 3.01. The second kappa shape index (κ2) is 5.60. The van der Waals surface area contributed by atoms with Crippen molar-refractivity contribution in [2.45, 2.75) is 29.5 Å². The minimum Gasteiger partial charge on any atom is -0.325 e. The highest BCUT2D eigenvalue weighted by molar-refractivity contribution is 6.54. The van der Waals surface area contributed by atoms with Gasteiger partial charge in [-0.2, -0.15) is 0 Å². The van der Waals surface area contributed by atoms with Gasteiger partial charge in [0.25, 0.3) is 0 Å². The molecule has 1 aliphatic carbocycles.